The number of nitrogens with zero attached hydrogens (tertiary/aromatic N) is 1. The van der Waals surface area contributed by atoms with Crippen molar-refractivity contribution in [2.24, 2.45) is 11.5 Å². The molecule has 3 rings (SSSR count). The lowest BCUT2D eigenvalue weighted by atomic mass is 10.1. The van der Waals surface area contributed by atoms with Gasteiger partial charge >= 0.3 is 0 Å². The van der Waals surface area contributed by atoms with Gasteiger partial charge < -0.3 is 0 Å². The van der Waals surface area contributed by atoms with Crippen LogP contribution >= 0.6 is 0 Å². The summed E-state index contributed by atoms with van der Waals surface area (Å²) < 4.78 is 1.96. The summed E-state index contributed by atoms with van der Waals surface area (Å²) in [4.78, 5) is 0. The van der Waals surface area contributed by atoms with Crippen LogP contribution in [0, 0.1) is 0 Å². The van der Waals surface area contributed by atoms with Crippen LogP contribution in [0.5, 0.6) is 0 Å². The van der Waals surface area contributed by atoms with E-state index in [0.717, 1.165) is 21.8 Å². The zero-order valence-corrected chi connectivity index (χ0v) is 9.38. The van der Waals surface area contributed by atoms with Crippen LogP contribution in [0.4, 0.5) is 0 Å². The fourth-order valence-electron chi connectivity index (χ4n) is 2.28. The van der Waals surface area contributed by atoms with Crippen molar-refractivity contribution in [2.45, 2.75) is 6.29 Å². The molecule has 4 N–H and O–H groups in total. The average Bonchev–Trinajstić information content (AvgIpc) is 2.35. The van der Waals surface area contributed by atoms with Crippen molar-refractivity contribution in [1.29, 1.82) is 0 Å². The second kappa shape index (κ2) is 3.80. The van der Waals surface area contributed by atoms with Crippen molar-refractivity contribution in [2.75, 3.05) is 0 Å². The van der Waals surface area contributed by atoms with Crippen molar-refractivity contribution >= 4 is 21.8 Å². The molecule has 0 bridgehead atoms. The molecule has 84 valence electrons. The van der Waals surface area contributed by atoms with E-state index < -0.39 is 6.29 Å². The second-order valence-corrected chi connectivity index (χ2v) is 4.12. The molecule has 0 aliphatic heterocycles. The summed E-state index contributed by atoms with van der Waals surface area (Å²) >= 11 is 0. The van der Waals surface area contributed by atoms with E-state index in [9.17, 15) is 0 Å². The normalized spacial score (nSPS) is 11.5. The van der Waals surface area contributed by atoms with Gasteiger partial charge in [-0.25, -0.2) is 0 Å². The number of hydrogen-bond donors (Lipinski definition) is 2. The number of aromatic nitrogens is 1. The molecule has 0 fully saturated rings. The number of para-hydroxylation sites is 2. The minimum atomic E-state index is -0.536. The van der Waals surface area contributed by atoms with Crippen molar-refractivity contribution in [3.63, 3.8) is 0 Å². The van der Waals surface area contributed by atoms with Crippen molar-refractivity contribution in [3.8, 4) is 0 Å². The van der Waals surface area contributed by atoms with Crippen LogP contribution in [0.1, 0.15) is 6.29 Å². The smallest absolute Gasteiger partial charge is 0.259 e. The lowest BCUT2D eigenvalue weighted by molar-refractivity contribution is -0.672. The van der Waals surface area contributed by atoms with Gasteiger partial charge in [-0.05, 0) is 18.2 Å². The first-order valence-corrected chi connectivity index (χ1v) is 5.60. The first kappa shape index (κ1) is 10.2. The maximum atomic E-state index is 5.89. The molecule has 2 aromatic carbocycles. The Balaban J connectivity index is 2.56. The third-order valence-electron chi connectivity index (χ3n) is 3.00. The molecular weight excluding hydrogens is 210 g/mol. The van der Waals surface area contributed by atoms with Gasteiger partial charge in [-0.3, -0.25) is 11.5 Å². The van der Waals surface area contributed by atoms with Crippen molar-refractivity contribution < 1.29 is 4.57 Å². The molecule has 0 spiro atoms. The first-order valence-electron chi connectivity index (χ1n) is 5.60. The van der Waals surface area contributed by atoms with E-state index in [1.54, 1.807) is 0 Å². The topological polar surface area (TPSA) is 55.9 Å². The standard InChI is InChI=1S/C14H14N3/c15-14(16)17-12-7-3-1-5-10(12)9-11-6-2-4-8-13(11)17/h1-9,14H,15-16H2/q+1. The minimum absolute atomic E-state index is 0.536. The Labute approximate surface area is 99.3 Å². The number of rotatable bonds is 1. The van der Waals surface area contributed by atoms with Gasteiger partial charge in [0, 0.05) is 22.9 Å². The van der Waals surface area contributed by atoms with Gasteiger partial charge in [-0.2, -0.15) is 4.57 Å². The summed E-state index contributed by atoms with van der Waals surface area (Å²) in [5.41, 5.74) is 13.9. The maximum absolute atomic E-state index is 5.89. The van der Waals surface area contributed by atoms with E-state index in [1.807, 2.05) is 41.0 Å². The van der Waals surface area contributed by atoms with Gasteiger partial charge in [0.05, 0.1) is 0 Å². The van der Waals surface area contributed by atoms with Gasteiger partial charge in [0.1, 0.15) is 0 Å². The van der Waals surface area contributed by atoms with Gasteiger partial charge in [-0.15, -0.1) is 0 Å². The van der Waals surface area contributed by atoms with Gasteiger partial charge in [-0.1, -0.05) is 24.3 Å². The van der Waals surface area contributed by atoms with Gasteiger partial charge in [0.15, 0.2) is 0 Å². The molecule has 17 heavy (non-hydrogen) atoms. The maximum Gasteiger partial charge on any atom is 0.266 e. The fraction of sp³-hybridized carbons (Fsp3) is 0.0714. The summed E-state index contributed by atoms with van der Waals surface area (Å²) in [5.74, 6) is 0. The van der Waals surface area contributed by atoms with Crippen molar-refractivity contribution in [3.05, 3.63) is 54.6 Å². The highest BCUT2D eigenvalue weighted by atomic mass is 15.2. The Kier molecular flexibility index (Phi) is 2.28. The molecule has 1 aromatic heterocycles. The summed E-state index contributed by atoms with van der Waals surface area (Å²) in [5, 5.41) is 2.29. The van der Waals surface area contributed by atoms with E-state index in [-0.39, 0.29) is 0 Å². The van der Waals surface area contributed by atoms with Crippen molar-refractivity contribution in [1.82, 2.24) is 0 Å². The molecule has 0 radical (unpaired) electrons. The van der Waals surface area contributed by atoms with E-state index in [2.05, 4.69) is 18.2 Å². The van der Waals surface area contributed by atoms with Crippen LogP contribution < -0.4 is 16.0 Å². The molecule has 3 aromatic rings. The zero-order valence-electron chi connectivity index (χ0n) is 9.38. The number of benzene rings is 2. The first-order chi connectivity index (χ1) is 8.27. The molecule has 0 saturated carbocycles. The largest absolute Gasteiger partial charge is 0.266 e. The highest BCUT2D eigenvalue weighted by Gasteiger charge is 2.17. The molecule has 1 heterocycles. The molecule has 0 aliphatic carbocycles. The van der Waals surface area contributed by atoms with Crippen LogP contribution in [0.3, 0.4) is 0 Å². The minimum Gasteiger partial charge on any atom is -0.259 e. The predicted octanol–water partition coefficient (Wildman–Crippen LogP) is 1.65. The monoisotopic (exact) mass is 224 g/mol. The Morgan fingerprint density at radius 2 is 1.24 bits per heavy atom. The summed E-state index contributed by atoms with van der Waals surface area (Å²) in [6.45, 7) is 0. The van der Waals surface area contributed by atoms with E-state index in [0.29, 0.717) is 0 Å². The third-order valence-corrected chi connectivity index (χ3v) is 3.00. The number of fused-ring (bicyclic) bond motifs is 2. The Morgan fingerprint density at radius 1 is 0.765 bits per heavy atom. The quantitative estimate of drug-likeness (QED) is 0.375. The molecule has 0 unspecified atom stereocenters. The summed E-state index contributed by atoms with van der Waals surface area (Å²) in [6, 6.07) is 18.4. The van der Waals surface area contributed by atoms with Crippen LogP contribution in [-0.4, -0.2) is 0 Å². The lowest BCUT2D eigenvalue weighted by Crippen LogP contribution is -2.51. The highest BCUT2D eigenvalue weighted by molar-refractivity contribution is 5.88. The van der Waals surface area contributed by atoms with Crippen LogP contribution in [0.2, 0.25) is 0 Å². The summed E-state index contributed by atoms with van der Waals surface area (Å²) in [6.07, 6.45) is -0.536. The SMILES string of the molecule is NC(N)[n+]1c2ccccc2cc2ccccc21. The fourth-order valence-corrected chi connectivity index (χ4v) is 2.28. The predicted molar refractivity (Wildman–Crippen MR) is 69.1 cm³/mol. The Hall–Kier alpha value is -1.97. The van der Waals surface area contributed by atoms with Crippen LogP contribution in [0.25, 0.3) is 21.8 Å². The zero-order chi connectivity index (χ0) is 11.8. The van der Waals surface area contributed by atoms with E-state index in [1.165, 1.54) is 0 Å². The van der Waals surface area contributed by atoms with E-state index in [4.69, 9.17) is 11.5 Å². The Bertz CT molecular complexity index is 635. The van der Waals surface area contributed by atoms with Gasteiger partial charge in [0.2, 0.25) is 11.0 Å². The highest BCUT2D eigenvalue weighted by Crippen LogP contribution is 2.18. The molecule has 0 aliphatic rings. The van der Waals surface area contributed by atoms with E-state index >= 15 is 0 Å². The molecule has 0 saturated heterocycles. The number of hydrogen-bond acceptors (Lipinski definition) is 2. The second-order valence-electron chi connectivity index (χ2n) is 4.12. The summed E-state index contributed by atoms with van der Waals surface area (Å²) in [7, 11) is 0. The lowest BCUT2D eigenvalue weighted by Gasteiger charge is -2.07. The van der Waals surface area contributed by atoms with Gasteiger partial charge in [0.25, 0.3) is 6.29 Å². The van der Waals surface area contributed by atoms with Crippen LogP contribution in [0.15, 0.2) is 54.6 Å². The molecule has 3 heteroatoms. The molecular formula is C14H14N3+. The molecule has 0 atom stereocenters. The third kappa shape index (κ3) is 1.56. The average molecular weight is 224 g/mol. The van der Waals surface area contributed by atoms with Crippen LogP contribution in [-0.2, 0) is 0 Å². The molecule has 3 nitrogen and oxygen atoms in total. The number of pyridine rings is 1. The number of nitrogens with two attached hydrogens (primary N) is 2. The Morgan fingerprint density at radius 3 is 1.71 bits per heavy atom. The molecule has 0 amide bonds.